The predicted octanol–water partition coefficient (Wildman–Crippen LogP) is 6.32. The van der Waals surface area contributed by atoms with E-state index in [0.29, 0.717) is 16.5 Å². The molecule has 2 aromatic carbocycles. The molecule has 0 saturated heterocycles. The molecule has 2 nitrogen and oxygen atoms in total. The largest absolute Gasteiger partial charge is 0.345 e. The van der Waals surface area contributed by atoms with Gasteiger partial charge in [-0.2, -0.15) is 0 Å². The molecular formula is C20H20Cl2N2. The van der Waals surface area contributed by atoms with Crippen molar-refractivity contribution >= 4 is 23.2 Å². The van der Waals surface area contributed by atoms with Gasteiger partial charge in [-0.1, -0.05) is 72.9 Å². The highest BCUT2D eigenvalue weighted by atomic mass is 35.5. The summed E-state index contributed by atoms with van der Waals surface area (Å²) >= 11 is 12.3. The highest BCUT2D eigenvalue weighted by Crippen LogP contribution is 2.26. The van der Waals surface area contributed by atoms with E-state index >= 15 is 0 Å². The van der Waals surface area contributed by atoms with Crippen LogP contribution >= 0.6 is 23.2 Å². The third kappa shape index (κ3) is 4.00. The summed E-state index contributed by atoms with van der Waals surface area (Å²) in [5, 5.41) is 1.33. The minimum absolute atomic E-state index is 0.650. The van der Waals surface area contributed by atoms with Crippen LogP contribution in [0.3, 0.4) is 0 Å². The van der Waals surface area contributed by atoms with Crippen molar-refractivity contribution in [2.75, 3.05) is 0 Å². The van der Waals surface area contributed by atoms with E-state index in [1.165, 1.54) is 5.69 Å². The Balaban J connectivity index is 1.92. The summed E-state index contributed by atoms with van der Waals surface area (Å²) in [6.45, 7) is 2.20. The molecule has 0 spiro atoms. The Hall–Kier alpha value is -1.77. The summed E-state index contributed by atoms with van der Waals surface area (Å²) in [6.07, 6.45) is 3.97. The first-order valence-corrected chi connectivity index (χ1v) is 9.00. The summed E-state index contributed by atoms with van der Waals surface area (Å²) in [5.41, 5.74) is 4.41. The van der Waals surface area contributed by atoms with Crippen molar-refractivity contribution in [2.24, 2.45) is 0 Å². The van der Waals surface area contributed by atoms with Crippen molar-refractivity contribution in [3.63, 3.8) is 0 Å². The first-order valence-electron chi connectivity index (χ1n) is 8.24. The molecule has 3 aromatic rings. The zero-order chi connectivity index (χ0) is 16.9. The van der Waals surface area contributed by atoms with Crippen molar-refractivity contribution in [1.82, 2.24) is 9.97 Å². The van der Waals surface area contributed by atoms with E-state index in [-0.39, 0.29) is 0 Å². The molecule has 0 fully saturated rings. The molecule has 1 heterocycles. The molecular weight excluding hydrogens is 339 g/mol. The van der Waals surface area contributed by atoms with Crippen LogP contribution < -0.4 is 0 Å². The quantitative estimate of drug-likeness (QED) is 0.548. The molecule has 1 N–H and O–H groups in total. The van der Waals surface area contributed by atoms with Gasteiger partial charge in [0.25, 0.3) is 0 Å². The Morgan fingerprint density at radius 1 is 1.04 bits per heavy atom. The zero-order valence-electron chi connectivity index (χ0n) is 13.7. The Morgan fingerprint density at radius 3 is 2.54 bits per heavy atom. The van der Waals surface area contributed by atoms with Gasteiger partial charge in [0.1, 0.15) is 5.82 Å². The van der Waals surface area contributed by atoms with E-state index in [1.54, 1.807) is 6.07 Å². The fraction of sp³-hybridized carbons (Fsp3) is 0.250. The number of aromatic amines is 1. The lowest BCUT2D eigenvalue weighted by atomic mass is 10.1. The number of halogens is 2. The average Bonchev–Trinajstić information content (AvgIpc) is 2.99. The lowest BCUT2D eigenvalue weighted by Crippen LogP contribution is -1.93. The number of hydrogen-bond acceptors (Lipinski definition) is 1. The first-order chi connectivity index (χ1) is 11.7. The van der Waals surface area contributed by atoms with Gasteiger partial charge >= 0.3 is 0 Å². The molecule has 0 atom stereocenters. The SMILES string of the molecule is CCCCc1[nH]c(Cc2ccc(Cl)cc2Cl)nc1-c1ccccc1. The Morgan fingerprint density at radius 2 is 1.83 bits per heavy atom. The molecule has 0 aliphatic carbocycles. The van der Waals surface area contributed by atoms with Crippen LogP contribution in [0.1, 0.15) is 36.8 Å². The van der Waals surface area contributed by atoms with Gasteiger partial charge in [0.15, 0.2) is 0 Å². The molecule has 124 valence electrons. The van der Waals surface area contributed by atoms with E-state index in [9.17, 15) is 0 Å². The number of unbranched alkanes of at least 4 members (excludes halogenated alkanes) is 1. The highest BCUT2D eigenvalue weighted by Gasteiger charge is 2.13. The molecule has 0 aliphatic rings. The second-order valence-corrected chi connectivity index (χ2v) is 6.74. The van der Waals surface area contributed by atoms with E-state index in [1.807, 2.05) is 30.3 Å². The molecule has 0 unspecified atom stereocenters. The summed E-state index contributed by atoms with van der Waals surface area (Å²) < 4.78 is 0. The van der Waals surface area contributed by atoms with Crippen molar-refractivity contribution in [3.05, 3.63) is 75.7 Å². The summed E-state index contributed by atoms with van der Waals surface area (Å²) in [4.78, 5) is 8.35. The van der Waals surface area contributed by atoms with E-state index in [0.717, 1.165) is 41.9 Å². The summed E-state index contributed by atoms with van der Waals surface area (Å²) in [5.74, 6) is 0.934. The minimum atomic E-state index is 0.650. The molecule has 3 rings (SSSR count). The van der Waals surface area contributed by atoms with Gasteiger partial charge in [-0.05, 0) is 30.5 Å². The fourth-order valence-corrected chi connectivity index (χ4v) is 3.24. The molecule has 0 amide bonds. The predicted molar refractivity (Wildman–Crippen MR) is 102 cm³/mol. The average molecular weight is 359 g/mol. The molecule has 1 aromatic heterocycles. The maximum absolute atomic E-state index is 6.30. The van der Waals surface area contributed by atoms with Crippen LogP contribution in [0.4, 0.5) is 0 Å². The summed E-state index contributed by atoms with van der Waals surface area (Å²) in [7, 11) is 0. The smallest absolute Gasteiger partial charge is 0.111 e. The van der Waals surface area contributed by atoms with Crippen LogP contribution in [0.5, 0.6) is 0 Å². The Labute approximate surface area is 152 Å². The maximum Gasteiger partial charge on any atom is 0.111 e. The normalized spacial score (nSPS) is 11.0. The van der Waals surface area contributed by atoms with Crippen molar-refractivity contribution in [1.29, 1.82) is 0 Å². The van der Waals surface area contributed by atoms with Gasteiger partial charge in [0.2, 0.25) is 0 Å². The number of benzene rings is 2. The monoisotopic (exact) mass is 358 g/mol. The van der Waals surface area contributed by atoms with E-state index in [4.69, 9.17) is 28.2 Å². The number of aromatic nitrogens is 2. The second kappa shape index (κ2) is 7.87. The van der Waals surface area contributed by atoms with E-state index < -0.39 is 0 Å². The van der Waals surface area contributed by atoms with Gasteiger partial charge in [0.05, 0.1) is 5.69 Å². The number of nitrogens with one attached hydrogen (secondary N) is 1. The topological polar surface area (TPSA) is 28.7 Å². The lowest BCUT2D eigenvalue weighted by molar-refractivity contribution is 0.779. The van der Waals surface area contributed by atoms with Gasteiger partial charge in [-0.3, -0.25) is 0 Å². The van der Waals surface area contributed by atoms with Crippen LogP contribution in [0.25, 0.3) is 11.3 Å². The fourth-order valence-electron chi connectivity index (χ4n) is 2.76. The number of rotatable bonds is 6. The van der Waals surface area contributed by atoms with Crippen molar-refractivity contribution in [2.45, 2.75) is 32.6 Å². The third-order valence-corrected chi connectivity index (χ3v) is 4.62. The molecule has 0 radical (unpaired) electrons. The molecule has 0 aliphatic heterocycles. The van der Waals surface area contributed by atoms with Gasteiger partial charge in [0, 0.05) is 27.7 Å². The molecule has 0 bridgehead atoms. The Kier molecular flexibility index (Phi) is 5.60. The first kappa shape index (κ1) is 17.1. The Bertz CT molecular complexity index is 810. The van der Waals surface area contributed by atoms with Gasteiger partial charge in [-0.15, -0.1) is 0 Å². The van der Waals surface area contributed by atoms with E-state index in [2.05, 4.69) is 24.0 Å². The summed E-state index contributed by atoms with van der Waals surface area (Å²) in [6, 6.07) is 15.9. The van der Waals surface area contributed by atoms with Crippen LogP contribution in [-0.4, -0.2) is 9.97 Å². The number of nitrogens with zero attached hydrogens (tertiary/aromatic N) is 1. The molecule has 4 heteroatoms. The zero-order valence-corrected chi connectivity index (χ0v) is 15.2. The second-order valence-electron chi connectivity index (χ2n) is 5.89. The highest BCUT2D eigenvalue weighted by molar-refractivity contribution is 6.35. The van der Waals surface area contributed by atoms with Crippen molar-refractivity contribution in [3.8, 4) is 11.3 Å². The number of aryl methyl sites for hydroxylation is 1. The lowest BCUT2D eigenvalue weighted by Gasteiger charge is -2.02. The van der Waals surface area contributed by atoms with Crippen LogP contribution in [0.2, 0.25) is 10.0 Å². The number of hydrogen-bond donors (Lipinski definition) is 1. The molecule has 0 saturated carbocycles. The minimum Gasteiger partial charge on any atom is -0.345 e. The standard InChI is InChI=1S/C20H20Cl2N2/c1-2-3-9-18-20(14-7-5-4-6-8-14)24-19(23-18)12-15-10-11-16(21)13-17(15)22/h4-8,10-11,13H,2-3,9,12H2,1H3,(H,23,24). The number of H-pyrrole nitrogens is 1. The van der Waals surface area contributed by atoms with Crippen LogP contribution in [0, 0.1) is 0 Å². The van der Waals surface area contributed by atoms with Gasteiger partial charge < -0.3 is 4.98 Å². The van der Waals surface area contributed by atoms with Gasteiger partial charge in [-0.25, -0.2) is 4.98 Å². The number of imidazole rings is 1. The molecule has 24 heavy (non-hydrogen) atoms. The third-order valence-electron chi connectivity index (χ3n) is 4.03. The van der Waals surface area contributed by atoms with Crippen LogP contribution in [0.15, 0.2) is 48.5 Å². The van der Waals surface area contributed by atoms with Crippen molar-refractivity contribution < 1.29 is 0 Å². The maximum atomic E-state index is 6.30. The van der Waals surface area contributed by atoms with Crippen LogP contribution in [-0.2, 0) is 12.8 Å².